The third-order valence-electron chi connectivity index (χ3n) is 4.43. The number of nitrogens with one attached hydrogen (secondary N) is 1. The number of ketones is 1. The predicted molar refractivity (Wildman–Crippen MR) is 98.7 cm³/mol. The fourth-order valence-electron chi connectivity index (χ4n) is 2.96. The number of hydrogen-bond donors (Lipinski definition) is 1. The van der Waals surface area contributed by atoms with Gasteiger partial charge in [0.1, 0.15) is 0 Å². The molecule has 0 bridgehead atoms. The van der Waals surface area contributed by atoms with Crippen molar-refractivity contribution in [1.82, 2.24) is 5.32 Å². The van der Waals surface area contributed by atoms with Crippen molar-refractivity contribution >= 4 is 11.7 Å². The summed E-state index contributed by atoms with van der Waals surface area (Å²) in [5.41, 5.74) is 3.29. The number of rotatable bonds is 5. The van der Waals surface area contributed by atoms with Gasteiger partial charge in [-0.15, -0.1) is 0 Å². The first-order chi connectivity index (χ1) is 12.6. The van der Waals surface area contributed by atoms with Gasteiger partial charge in [0.15, 0.2) is 5.78 Å². The zero-order valence-electron chi connectivity index (χ0n) is 15.1. The molecule has 3 rings (SSSR count). The Balaban J connectivity index is 1.80. The Hall–Kier alpha value is -2.50. The summed E-state index contributed by atoms with van der Waals surface area (Å²) in [4.78, 5) is 25.7. The van der Waals surface area contributed by atoms with E-state index >= 15 is 0 Å². The van der Waals surface area contributed by atoms with E-state index in [1.807, 2.05) is 32.0 Å². The molecule has 0 aromatic heterocycles. The van der Waals surface area contributed by atoms with Gasteiger partial charge in [0.25, 0.3) is 5.91 Å². The van der Waals surface area contributed by atoms with Crippen LogP contribution in [0.1, 0.15) is 37.4 Å². The molecule has 5 heteroatoms. The summed E-state index contributed by atoms with van der Waals surface area (Å²) in [6.07, 6.45) is -0.158. The molecule has 2 aromatic carbocycles. The van der Waals surface area contributed by atoms with Crippen molar-refractivity contribution in [3.63, 3.8) is 0 Å². The van der Waals surface area contributed by atoms with Crippen LogP contribution in [0.15, 0.2) is 42.5 Å². The number of aryl methyl sites for hydroxylation is 2. The van der Waals surface area contributed by atoms with E-state index in [-0.39, 0.29) is 17.8 Å². The number of ether oxygens (including phenoxy) is 2. The van der Waals surface area contributed by atoms with Crippen LogP contribution in [-0.2, 0) is 9.47 Å². The lowest BCUT2D eigenvalue weighted by Crippen LogP contribution is -2.40. The van der Waals surface area contributed by atoms with Crippen LogP contribution >= 0.6 is 0 Å². The van der Waals surface area contributed by atoms with Crippen molar-refractivity contribution in [2.24, 2.45) is 0 Å². The van der Waals surface area contributed by atoms with E-state index in [0.717, 1.165) is 11.1 Å². The average Bonchev–Trinajstić information content (AvgIpc) is 2.68. The van der Waals surface area contributed by atoms with Crippen LogP contribution in [0.5, 0.6) is 0 Å². The summed E-state index contributed by atoms with van der Waals surface area (Å²) in [6.45, 7) is 5.77. The van der Waals surface area contributed by atoms with Crippen molar-refractivity contribution in [2.75, 3.05) is 26.4 Å². The molecule has 0 aliphatic carbocycles. The highest BCUT2D eigenvalue weighted by atomic mass is 16.6. The average molecular weight is 353 g/mol. The number of amides is 1. The molecule has 1 aliphatic rings. The first-order valence-electron chi connectivity index (χ1n) is 8.75. The van der Waals surface area contributed by atoms with Crippen molar-refractivity contribution in [2.45, 2.75) is 20.0 Å². The summed E-state index contributed by atoms with van der Waals surface area (Å²) in [5, 5.41) is 2.85. The molecule has 26 heavy (non-hydrogen) atoms. The van der Waals surface area contributed by atoms with Gasteiger partial charge in [0.05, 0.1) is 31.5 Å². The van der Waals surface area contributed by atoms with Gasteiger partial charge in [0.2, 0.25) is 0 Å². The first kappa shape index (κ1) is 18.3. The molecule has 136 valence electrons. The normalized spacial score (nSPS) is 16.9. The minimum Gasteiger partial charge on any atom is -0.376 e. The van der Waals surface area contributed by atoms with Crippen molar-refractivity contribution < 1.29 is 19.1 Å². The Morgan fingerprint density at radius 1 is 1.04 bits per heavy atom. The van der Waals surface area contributed by atoms with Gasteiger partial charge in [-0.2, -0.15) is 0 Å². The highest BCUT2D eigenvalue weighted by Gasteiger charge is 2.21. The fraction of sp³-hybridized carbons (Fsp3) is 0.333. The van der Waals surface area contributed by atoms with Crippen molar-refractivity contribution in [1.29, 1.82) is 0 Å². The highest BCUT2D eigenvalue weighted by molar-refractivity contribution is 6.15. The lowest BCUT2D eigenvalue weighted by atomic mass is 9.94. The molecule has 5 nitrogen and oxygen atoms in total. The summed E-state index contributed by atoms with van der Waals surface area (Å²) < 4.78 is 10.9. The zero-order chi connectivity index (χ0) is 18.5. The van der Waals surface area contributed by atoms with Crippen molar-refractivity contribution in [3.8, 4) is 0 Å². The molecule has 0 unspecified atom stereocenters. The minimum atomic E-state index is -0.284. The maximum absolute atomic E-state index is 13.0. The molecule has 0 saturated carbocycles. The summed E-state index contributed by atoms with van der Waals surface area (Å²) >= 11 is 0. The SMILES string of the molecule is Cc1ccc(C)c(C(=O)c2ccccc2C(=O)NC[C@H]2COCCO2)c1. The molecule has 1 aliphatic heterocycles. The second-order valence-electron chi connectivity index (χ2n) is 6.47. The van der Waals surface area contributed by atoms with Crippen LogP contribution in [0, 0.1) is 13.8 Å². The molecule has 1 saturated heterocycles. The number of hydrogen-bond acceptors (Lipinski definition) is 4. The Kier molecular flexibility index (Phi) is 5.81. The minimum absolute atomic E-state index is 0.144. The Bertz CT molecular complexity index is 809. The van der Waals surface area contributed by atoms with E-state index in [9.17, 15) is 9.59 Å². The maximum atomic E-state index is 13.0. The Labute approximate surface area is 153 Å². The van der Waals surface area contributed by atoms with Gasteiger partial charge in [-0.05, 0) is 31.5 Å². The largest absolute Gasteiger partial charge is 0.376 e. The lowest BCUT2D eigenvalue weighted by Gasteiger charge is -2.23. The summed E-state index contributed by atoms with van der Waals surface area (Å²) in [6, 6.07) is 12.6. The van der Waals surface area contributed by atoms with E-state index in [0.29, 0.717) is 43.1 Å². The topological polar surface area (TPSA) is 64.6 Å². The number of carbonyl (C=O) groups is 2. The predicted octanol–water partition coefficient (Wildman–Crippen LogP) is 2.68. The van der Waals surface area contributed by atoms with Crippen molar-refractivity contribution in [3.05, 3.63) is 70.3 Å². The van der Waals surface area contributed by atoms with Gasteiger partial charge >= 0.3 is 0 Å². The van der Waals surface area contributed by atoms with Crippen LogP contribution in [-0.4, -0.2) is 44.2 Å². The van der Waals surface area contributed by atoms with Crippen LogP contribution < -0.4 is 5.32 Å². The van der Waals surface area contributed by atoms with Gasteiger partial charge in [-0.3, -0.25) is 9.59 Å². The zero-order valence-corrected chi connectivity index (χ0v) is 15.1. The quantitative estimate of drug-likeness (QED) is 0.840. The molecule has 1 amide bonds. The Morgan fingerprint density at radius 3 is 2.54 bits per heavy atom. The second kappa shape index (κ2) is 8.25. The number of carbonyl (C=O) groups excluding carboxylic acids is 2. The molecular weight excluding hydrogens is 330 g/mol. The van der Waals surface area contributed by atoms with Gasteiger partial charge in [0, 0.05) is 17.7 Å². The molecule has 0 spiro atoms. The molecule has 1 fully saturated rings. The van der Waals surface area contributed by atoms with Crippen LogP contribution in [0.4, 0.5) is 0 Å². The summed E-state index contributed by atoms with van der Waals surface area (Å²) in [7, 11) is 0. The maximum Gasteiger partial charge on any atom is 0.252 e. The van der Waals surface area contributed by atoms with E-state index in [4.69, 9.17) is 9.47 Å². The van der Waals surface area contributed by atoms with E-state index < -0.39 is 0 Å². The number of benzene rings is 2. The van der Waals surface area contributed by atoms with E-state index in [1.54, 1.807) is 24.3 Å². The second-order valence-corrected chi connectivity index (χ2v) is 6.47. The van der Waals surface area contributed by atoms with Crippen LogP contribution in [0.2, 0.25) is 0 Å². The van der Waals surface area contributed by atoms with Crippen LogP contribution in [0.3, 0.4) is 0 Å². The molecule has 2 aromatic rings. The lowest BCUT2D eigenvalue weighted by molar-refractivity contribution is -0.0855. The smallest absolute Gasteiger partial charge is 0.252 e. The molecule has 1 N–H and O–H groups in total. The standard InChI is InChI=1S/C21H23NO4/c1-14-7-8-15(2)19(11-14)20(23)17-5-3-4-6-18(17)21(24)22-12-16-13-25-9-10-26-16/h3-8,11,16H,9-10,12-13H2,1-2H3,(H,22,24)/t16-/m0/s1. The van der Waals surface area contributed by atoms with Gasteiger partial charge < -0.3 is 14.8 Å². The third-order valence-corrected chi connectivity index (χ3v) is 4.43. The molecule has 1 heterocycles. The third kappa shape index (κ3) is 4.18. The van der Waals surface area contributed by atoms with Crippen LogP contribution in [0.25, 0.3) is 0 Å². The fourth-order valence-corrected chi connectivity index (χ4v) is 2.96. The molecule has 1 atom stereocenters. The van der Waals surface area contributed by atoms with Gasteiger partial charge in [-0.25, -0.2) is 0 Å². The highest BCUT2D eigenvalue weighted by Crippen LogP contribution is 2.19. The van der Waals surface area contributed by atoms with E-state index in [1.165, 1.54) is 0 Å². The Morgan fingerprint density at radius 2 is 1.81 bits per heavy atom. The molecular formula is C21H23NO4. The first-order valence-corrected chi connectivity index (χ1v) is 8.75. The van der Waals surface area contributed by atoms with E-state index in [2.05, 4.69) is 5.32 Å². The van der Waals surface area contributed by atoms with Gasteiger partial charge in [-0.1, -0.05) is 35.9 Å². The molecule has 0 radical (unpaired) electrons. The summed E-state index contributed by atoms with van der Waals surface area (Å²) in [5.74, 6) is -0.428. The monoisotopic (exact) mass is 353 g/mol.